The molecule has 0 saturated carbocycles. The van der Waals surface area contributed by atoms with Gasteiger partial charge in [-0.2, -0.15) is 0 Å². The third-order valence-electron chi connectivity index (χ3n) is 3.31. The van der Waals surface area contributed by atoms with Gasteiger partial charge in [0.2, 0.25) is 5.91 Å². The maximum atomic E-state index is 11.9. The number of para-hydroxylation sites is 1. The predicted octanol–water partition coefficient (Wildman–Crippen LogP) is 4.49. The monoisotopic (exact) mass is 361 g/mol. The molecule has 0 radical (unpaired) electrons. The molecule has 1 N–H and O–H groups in total. The molecular weight excluding hydrogens is 342 g/mol. The van der Waals surface area contributed by atoms with E-state index < -0.39 is 0 Å². The number of amides is 1. The third-order valence-corrected chi connectivity index (χ3v) is 3.84. The Morgan fingerprint density at radius 1 is 1.14 bits per heavy atom. The first kappa shape index (κ1) is 16.6. The molecule has 0 aliphatic carbocycles. The van der Waals surface area contributed by atoms with Crippen molar-refractivity contribution in [3.8, 4) is 5.75 Å². The maximum absolute atomic E-state index is 11.9. The van der Waals surface area contributed by atoms with E-state index in [1.54, 1.807) is 0 Å². The number of rotatable bonds is 7. The Morgan fingerprint density at radius 3 is 2.50 bits per heavy atom. The Morgan fingerprint density at radius 2 is 1.82 bits per heavy atom. The molecule has 2 aromatic rings. The van der Waals surface area contributed by atoms with E-state index in [1.807, 2.05) is 61.5 Å². The van der Waals surface area contributed by atoms with Crippen molar-refractivity contribution in [3.63, 3.8) is 0 Å². The quantitative estimate of drug-likeness (QED) is 0.738. The van der Waals surface area contributed by atoms with Gasteiger partial charge in [-0.25, -0.2) is 0 Å². The van der Waals surface area contributed by atoms with Crippen LogP contribution in [0.2, 0.25) is 0 Å². The molecule has 0 aliphatic heterocycles. The standard InChI is InChI=1S/C18H20BrNO2/c1-14(15-9-11-16(19)12-10-15)20-18(21)8-5-13-22-17-6-3-2-4-7-17/h2-4,6-7,9-12,14H,5,8,13H2,1H3,(H,20,21)/t14-/m0/s1. The van der Waals surface area contributed by atoms with Crippen LogP contribution < -0.4 is 10.1 Å². The van der Waals surface area contributed by atoms with Gasteiger partial charge in [-0.3, -0.25) is 4.79 Å². The summed E-state index contributed by atoms with van der Waals surface area (Å²) in [6.07, 6.45) is 1.17. The number of carbonyl (C=O) groups excluding carboxylic acids is 1. The van der Waals surface area contributed by atoms with Gasteiger partial charge in [0.25, 0.3) is 0 Å². The van der Waals surface area contributed by atoms with Crippen LogP contribution in [0.1, 0.15) is 31.4 Å². The van der Waals surface area contributed by atoms with E-state index in [0.29, 0.717) is 19.4 Å². The number of nitrogens with one attached hydrogen (secondary N) is 1. The number of hydrogen-bond donors (Lipinski definition) is 1. The van der Waals surface area contributed by atoms with E-state index in [2.05, 4.69) is 21.2 Å². The van der Waals surface area contributed by atoms with Crippen LogP contribution in [0, 0.1) is 0 Å². The lowest BCUT2D eigenvalue weighted by Crippen LogP contribution is -2.26. The number of ether oxygens (including phenoxy) is 1. The zero-order valence-corrected chi connectivity index (χ0v) is 14.2. The second kappa shape index (κ2) is 8.59. The summed E-state index contributed by atoms with van der Waals surface area (Å²) >= 11 is 3.41. The third kappa shape index (κ3) is 5.53. The van der Waals surface area contributed by atoms with Crippen molar-refractivity contribution in [1.82, 2.24) is 5.32 Å². The molecule has 0 spiro atoms. The number of halogens is 1. The van der Waals surface area contributed by atoms with Gasteiger partial charge in [-0.15, -0.1) is 0 Å². The van der Waals surface area contributed by atoms with Crippen molar-refractivity contribution in [2.24, 2.45) is 0 Å². The van der Waals surface area contributed by atoms with Crippen molar-refractivity contribution < 1.29 is 9.53 Å². The van der Waals surface area contributed by atoms with Crippen LogP contribution >= 0.6 is 15.9 Å². The molecule has 0 heterocycles. The summed E-state index contributed by atoms with van der Waals surface area (Å²) in [6, 6.07) is 17.6. The lowest BCUT2D eigenvalue weighted by Gasteiger charge is -2.14. The van der Waals surface area contributed by atoms with E-state index in [0.717, 1.165) is 15.8 Å². The fourth-order valence-corrected chi connectivity index (χ4v) is 2.35. The average molecular weight is 362 g/mol. The van der Waals surface area contributed by atoms with Crippen LogP contribution in [0.3, 0.4) is 0 Å². The van der Waals surface area contributed by atoms with E-state index >= 15 is 0 Å². The first-order valence-electron chi connectivity index (χ1n) is 7.38. The number of carbonyl (C=O) groups is 1. The molecule has 2 aromatic carbocycles. The second-order valence-electron chi connectivity index (χ2n) is 5.11. The molecule has 4 heteroatoms. The van der Waals surface area contributed by atoms with Gasteiger partial charge in [-0.1, -0.05) is 46.3 Å². The SMILES string of the molecule is C[C@H](NC(=O)CCCOc1ccccc1)c1ccc(Br)cc1. The molecule has 3 nitrogen and oxygen atoms in total. The number of hydrogen-bond acceptors (Lipinski definition) is 2. The highest BCUT2D eigenvalue weighted by atomic mass is 79.9. The Hall–Kier alpha value is -1.81. The zero-order valence-electron chi connectivity index (χ0n) is 12.6. The summed E-state index contributed by atoms with van der Waals surface area (Å²) in [6.45, 7) is 2.53. The van der Waals surface area contributed by atoms with Gasteiger partial charge < -0.3 is 10.1 Å². The second-order valence-corrected chi connectivity index (χ2v) is 6.02. The molecule has 2 rings (SSSR count). The first-order chi connectivity index (χ1) is 10.6. The minimum atomic E-state index is 0.00985. The summed E-state index contributed by atoms with van der Waals surface area (Å²) in [5.74, 6) is 0.887. The first-order valence-corrected chi connectivity index (χ1v) is 8.17. The van der Waals surface area contributed by atoms with E-state index in [1.165, 1.54) is 0 Å². The lowest BCUT2D eigenvalue weighted by atomic mass is 10.1. The van der Waals surface area contributed by atoms with Gasteiger partial charge >= 0.3 is 0 Å². The minimum absolute atomic E-state index is 0.00985. The molecule has 0 aliphatic rings. The van der Waals surface area contributed by atoms with Crippen LogP contribution in [0.4, 0.5) is 0 Å². The van der Waals surface area contributed by atoms with E-state index in [9.17, 15) is 4.79 Å². The average Bonchev–Trinajstić information content (AvgIpc) is 2.53. The van der Waals surface area contributed by atoms with E-state index in [4.69, 9.17) is 4.74 Å². The van der Waals surface area contributed by atoms with Crippen LogP contribution in [-0.2, 0) is 4.79 Å². The zero-order chi connectivity index (χ0) is 15.8. The molecule has 0 unspecified atom stereocenters. The topological polar surface area (TPSA) is 38.3 Å². The van der Waals surface area contributed by atoms with Crippen molar-refractivity contribution in [1.29, 1.82) is 0 Å². The Kier molecular flexibility index (Phi) is 6.46. The largest absolute Gasteiger partial charge is 0.494 e. The molecule has 0 saturated heterocycles. The van der Waals surface area contributed by atoms with Gasteiger partial charge in [-0.05, 0) is 43.2 Å². The highest BCUT2D eigenvalue weighted by Crippen LogP contribution is 2.16. The predicted molar refractivity (Wildman–Crippen MR) is 91.9 cm³/mol. The molecule has 1 atom stereocenters. The lowest BCUT2D eigenvalue weighted by molar-refractivity contribution is -0.121. The fourth-order valence-electron chi connectivity index (χ4n) is 2.09. The Balaban J connectivity index is 1.68. The minimum Gasteiger partial charge on any atom is -0.494 e. The smallest absolute Gasteiger partial charge is 0.220 e. The van der Waals surface area contributed by atoms with Crippen LogP contribution in [-0.4, -0.2) is 12.5 Å². The summed E-state index contributed by atoms with van der Waals surface area (Å²) in [5.41, 5.74) is 1.09. The highest BCUT2D eigenvalue weighted by Gasteiger charge is 2.09. The molecule has 0 bridgehead atoms. The van der Waals surface area contributed by atoms with Gasteiger partial charge in [0.15, 0.2) is 0 Å². The molecule has 0 aromatic heterocycles. The van der Waals surface area contributed by atoms with Crippen molar-refractivity contribution in [3.05, 3.63) is 64.6 Å². The Bertz CT molecular complexity index is 584. The van der Waals surface area contributed by atoms with Crippen molar-refractivity contribution in [2.75, 3.05) is 6.61 Å². The van der Waals surface area contributed by atoms with Crippen LogP contribution in [0.5, 0.6) is 5.75 Å². The maximum Gasteiger partial charge on any atom is 0.220 e. The Labute approximate surface area is 139 Å². The summed E-state index contributed by atoms with van der Waals surface area (Å²) < 4.78 is 6.61. The van der Waals surface area contributed by atoms with Crippen molar-refractivity contribution in [2.45, 2.75) is 25.8 Å². The summed E-state index contributed by atoms with van der Waals surface area (Å²) in [4.78, 5) is 11.9. The number of benzene rings is 2. The van der Waals surface area contributed by atoms with Crippen LogP contribution in [0.25, 0.3) is 0 Å². The summed E-state index contributed by atoms with van der Waals surface area (Å²) in [7, 11) is 0. The van der Waals surface area contributed by atoms with Gasteiger partial charge in [0.05, 0.1) is 12.6 Å². The molecule has 22 heavy (non-hydrogen) atoms. The summed E-state index contributed by atoms with van der Waals surface area (Å²) in [5, 5.41) is 3.00. The molecule has 0 fully saturated rings. The van der Waals surface area contributed by atoms with Gasteiger partial charge in [0, 0.05) is 10.9 Å². The molecular formula is C18H20BrNO2. The fraction of sp³-hybridized carbons (Fsp3) is 0.278. The molecule has 116 valence electrons. The van der Waals surface area contributed by atoms with Gasteiger partial charge in [0.1, 0.15) is 5.75 Å². The van der Waals surface area contributed by atoms with Crippen LogP contribution in [0.15, 0.2) is 59.1 Å². The normalized spacial score (nSPS) is 11.7. The van der Waals surface area contributed by atoms with Crippen molar-refractivity contribution >= 4 is 21.8 Å². The van der Waals surface area contributed by atoms with E-state index in [-0.39, 0.29) is 11.9 Å². The highest BCUT2D eigenvalue weighted by molar-refractivity contribution is 9.10. The molecule has 1 amide bonds.